The molecular formula is C24H21ClN4O. The first-order valence-corrected chi connectivity index (χ1v) is 10.1. The lowest BCUT2D eigenvalue weighted by Crippen LogP contribution is -2.25. The number of carbonyl (C=O) groups is 1. The maximum atomic E-state index is 12.2. The number of nitrogens with zero attached hydrogens (tertiary/aromatic N) is 2. The Balaban J connectivity index is 1.47. The van der Waals surface area contributed by atoms with E-state index in [0.29, 0.717) is 36.2 Å². The van der Waals surface area contributed by atoms with Crippen LogP contribution in [0.25, 0.3) is 22.3 Å². The van der Waals surface area contributed by atoms with Crippen molar-refractivity contribution in [2.45, 2.75) is 13.0 Å². The molecule has 0 aliphatic carbocycles. The Hall–Kier alpha value is -3.44. The molecule has 0 unspecified atom stereocenters. The van der Waals surface area contributed by atoms with E-state index < -0.39 is 0 Å². The number of nitrogens with one attached hydrogen (secondary N) is 2. The molecule has 3 aromatic carbocycles. The summed E-state index contributed by atoms with van der Waals surface area (Å²) in [6, 6.07) is 25.2. The van der Waals surface area contributed by atoms with Gasteiger partial charge in [0, 0.05) is 35.5 Å². The zero-order valence-corrected chi connectivity index (χ0v) is 17.1. The summed E-state index contributed by atoms with van der Waals surface area (Å²) in [5.74, 6) is 1.28. The Morgan fingerprint density at radius 2 is 1.63 bits per heavy atom. The van der Waals surface area contributed by atoms with Gasteiger partial charge in [0.1, 0.15) is 5.82 Å². The van der Waals surface area contributed by atoms with Crippen molar-refractivity contribution >= 4 is 34.2 Å². The molecule has 0 saturated carbocycles. The van der Waals surface area contributed by atoms with Gasteiger partial charge in [-0.1, -0.05) is 72.3 Å². The summed E-state index contributed by atoms with van der Waals surface area (Å²) >= 11 is 6.17. The number of hydrogen-bond donors (Lipinski definition) is 2. The van der Waals surface area contributed by atoms with Gasteiger partial charge in [-0.3, -0.25) is 4.79 Å². The molecule has 5 nitrogen and oxygen atoms in total. The number of carbonyl (C=O) groups excluding carboxylic acids is 1. The lowest BCUT2D eigenvalue weighted by Gasteiger charge is -2.11. The van der Waals surface area contributed by atoms with Crippen LogP contribution in [0.15, 0.2) is 78.9 Å². The largest absolute Gasteiger partial charge is 0.369 e. The molecule has 0 saturated heterocycles. The predicted molar refractivity (Wildman–Crippen MR) is 121 cm³/mol. The molecule has 2 N–H and O–H groups in total. The normalized spacial score (nSPS) is 10.7. The average Bonchev–Trinajstić information content (AvgIpc) is 2.78. The summed E-state index contributed by atoms with van der Waals surface area (Å²) in [4.78, 5) is 21.6. The second-order valence-corrected chi connectivity index (χ2v) is 7.30. The minimum atomic E-state index is -0.0176. The van der Waals surface area contributed by atoms with Gasteiger partial charge in [-0.25, -0.2) is 9.97 Å². The predicted octanol–water partition coefficient (Wildman–Crippen LogP) is 5.07. The van der Waals surface area contributed by atoms with Crippen LogP contribution in [0.4, 0.5) is 5.82 Å². The van der Waals surface area contributed by atoms with E-state index in [4.69, 9.17) is 16.6 Å². The second kappa shape index (κ2) is 9.37. The summed E-state index contributed by atoms with van der Waals surface area (Å²) in [5.41, 5.74) is 2.75. The number of halogens is 1. The third-order valence-corrected chi connectivity index (χ3v) is 4.90. The highest BCUT2D eigenvalue weighted by Gasteiger charge is 2.10. The summed E-state index contributed by atoms with van der Waals surface area (Å²) < 4.78 is 0. The molecule has 1 aromatic heterocycles. The third kappa shape index (κ3) is 4.93. The Morgan fingerprint density at radius 1 is 0.900 bits per heavy atom. The highest BCUT2D eigenvalue weighted by molar-refractivity contribution is 6.31. The second-order valence-electron chi connectivity index (χ2n) is 6.86. The van der Waals surface area contributed by atoms with E-state index in [-0.39, 0.29) is 5.91 Å². The van der Waals surface area contributed by atoms with Crippen LogP contribution in [0, 0.1) is 0 Å². The van der Waals surface area contributed by atoms with Crippen molar-refractivity contribution in [2.24, 2.45) is 0 Å². The van der Waals surface area contributed by atoms with Gasteiger partial charge in [0.05, 0.1) is 5.52 Å². The molecule has 0 aliphatic rings. The third-order valence-electron chi connectivity index (χ3n) is 4.67. The number of fused-ring (bicyclic) bond motifs is 1. The Bertz CT molecular complexity index is 1150. The first-order chi connectivity index (χ1) is 14.7. The van der Waals surface area contributed by atoms with Gasteiger partial charge in [-0.05, 0) is 23.8 Å². The number of benzene rings is 3. The lowest BCUT2D eigenvalue weighted by molar-refractivity contribution is -0.121. The highest BCUT2D eigenvalue weighted by Crippen LogP contribution is 2.27. The van der Waals surface area contributed by atoms with Crippen LogP contribution in [0.3, 0.4) is 0 Å². The number of rotatable bonds is 7. The van der Waals surface area contributed by atoms with Crippen LogP contribution in [-0.4, -0.2) is 22.4 Å². The molecule has 150 valence electrons. The molecule has 0 spiro atoms. The molecule has 0 atom stereocenters. The Labute approximate surface area is 180 Å². The van der Waals surface area contributed by atoms with Crippen molar-refractivity contribution in [1.29, 1.82) is 0 Å². The van der Waals surface area contributed by atoms with E-state index in [2.05, 4.69) is 15.6 Å². The maximum Gasteiger partial charge on any atom is 0.222 e. The van der Waals surface area contributed by atoms with Crippen molar-refractivity contribution in [2.75, 3.05) is 11.9 Å². The monoisotopic (exact) mass is 416 g/mol. The van der Waals surface area contributed by atoms with E-state index in [1.165, 1.54) is 0 Å². The Morgan fingerprint density at radius 3 is 2.40 bits per heavy atom. The van der Waals surface area contributed by atoms with Crippen molar-refractivity contribution in [1.82, 2.24) is 15.3 Å². The number of anilines is 1. The zero-order chi connectivity index (χ0) is 20.8. The van der Waals surface area contributed by atoms with Gasteiger partial charge >= 0.3 is 0 Å². The molecule has 4 aromatic rings. The summed E-state index contributed by atoms with van der Waals surface area (Å²) in [7, 11) is 0. The highest BCUT2D eigenvalue weighted by atomic mass is 35.5. The average molecular weight is 417 g/mol. The van der Waals surface area contributed by atoms with E-state index in [1.54, 1.807) is 0 Å². The molecule has 6 heteroatoms. The van der Waals surface area contributed by atoms with Gasteiger partial charge in [-0.2, -0.15) is 0 Å². The van der Waals surface area contributed by atoms with E-state index in [1.807, 2.05) is 78.9 Å². The van der Waals surface area contributed by atoms with Crippen LogP contribution in [0.2, 0.25) is 5.02 Å². The fourth-order valence-electron chi connectivity index (χ4n) is 3.13. The topological polar surface area (TPSA) is 66.9 Å². The molecule has 0 bridgehead atoms. The molecule has 0 fully saturated rings. The summed E-state index contributed by atoms with van der Waals surface area (Å²) in [6.07, 6.45) is 0.340. The number of aromatic nitrogens is 2. The fourth-order valence-corrected chi connectivity index (χ4v) is 3.30. The first kappa shape index (κ1) is 19.9. The number of amides is 1. The van der Waals surface area contributed by atoms with Crippen molar-refractivity contribution in [3.05, 3.63) is 89.4 Å². The number of hydrogen-bond acceptors (Lipinski definition) is 4. The fraction of sp³-hybridized carbons (Fsp3) is 0.125. The molecular weight excluding hydrogens is 396 g/mol. The molecule has 0 radical (unpaired) electrons. The minimum absolute atomic E-state index is 0.0176. The summed E-state index contributed by atoms with van der Waals surface area (Å²) in [6.45, 7) is 0.982. The zero-order valence-electron chi connectivity index (χ0n) is 16.3. The minimum Gasteiger partial charge on any atom is -0.369 e. The molecule has 1 amide bonds. The quantitative estimate of drug-likeness (QED) is 0.441. The van der Waals surface area contributed by atoms with Gasteiger partial charge in [0.15, 0.2) is 5.82 Å². The van der Waals surface area contributed by atoms with Crippen LogP contribution >= 0.6 is 11.6 Å². The SMILES string of the molecule is O=C(CCNc1nc(-c2ccccc2)nc2cc(Cl)ccc12)NCc1ccccc1. The van der Waals surface area contributed by atoms with Crippen molar-refractivity contribution in [3.63, 3.8) is 0 Å². The molecule has 1 heterocycles. The van der Waals surface area contributed by atoms with Crippen LogP contribution < -0.4 is 10.6 Å². The van der Waals surface area contributed by atoms with Crippen LogP contribution in [0.1, 0.15) is 12.0 Å². The van der Waals surface area contributed by atoms with E-state index in [0.717, 1.165) is 22.0 Å². The van der Waals surface area contributed by atoms with Gasteiger partial charge in [0.2, 0.25) is 5.91 Å². The first-order valence-electron chi connectivity index (χ1n) is 9.76. The van der Waals surface area contributed by atoms with Gasteiger partial charge < -0.3 is 10.6 Å². The van der Waals surface area contributed by atoms with Gasteiger partial charge in [0.25, 0.3) is 0 Å². The standard InChI is InChI=1S/C24H21ClN4O/c25-19-11-12-20-21(15-19)28-23(18-9-5-2-6-10-18)29-24(20)26-14-13-22(30)27-16-17-7-3-1-4-8-17/h1-12,15H,13-14,16H2,(H,27,30)(H,26,28,29). The molecule has 4 rings (SSSR count). The van der Waals surface area contributed by atoms with Crippen LogP contribution in [0.5, 0.6) is 0 Å². The molecule has 0 aliphatic heterocycles. The van der Waals surface area contributed by atoms with Crippen molar-refractivity contribution < 1.29 is 4.79 Å². The van der Waals surface area contributed by atoms with Gasteiger partial charge in [-0.15, -0.1) is 0 Å². The maximum absolute atomic E-state index is 12.2. The van der Waals surface area contributed by atoms with E-state index >= 15 is 0 Å². The smallest absolute Gasteiger partial charge is 0.222 e. The summed E-state index contributed by atoms with van der Waals surface area (Å²) in [5, 5.41) is 7.71. The van der Waals surface area contributed by atoms with Crippen LogP contribution in [-0.2, 0) is 11.3 Å². The van der Waals surface area contributed by atoms with Crippen molar-refractivity contribution in [3.8, 4) is 11.4 Å². The molecule has 30 heavy (non-hydrogen) atoms. The lowest BCUT2D eigenvalue weighted by atomic mass is 10.2. The Kier molecular flexibility index (Phi) is 6.20. The van der Waals surface area contributed by atoms with E-state index in [9.17, 15) is 4.79 Å².